The summed E-state index contributed by atoms with van der Waals surface area (Å²) in [6.45, 7) is 1.65. The van der Waals surface area contributed by atoms with Gasteiger partial charge in [-0.2, -0.15) is 43.9 Å². The number of halogens is 9. The highest BCUT2D eigenvalue weighted by atomic mass is 32.2. The molecule has 0 spiro atoms. The molecule has 0 saturated carbocycles. The predicted molar refractivity (Wildman–Crippen MR) is 67.8 cm³/mol. The summed E-state index contributed by atoms with van der Waals surface area (Å²) in [7, 11) is -4.38. The van der Waals surface area contributed by atoms with Gasteiger partial charge in [0, 0.05) is 6.21 Å². The monoisotopic (exact) mass is 385 g/mol. The van der Waals surface area contributed by atoms with Crippen LogP contribution < -0.4 is 0 Å². The van der Waals surface area contributed by atoms with Crippen molar-refractivity contribution >= 4 is 17.2 Å². The zero-order valence-corrected chi connectivity index (χ0v) is 12.4. The molecule has 1 aromatic carbocycles. The van der Waals surface area contributed by atoms with Crippen LogP contribution in [0.5, 0.6) is 0 Å². The van der Waals surface area contributed by atoms with Crippen LogP contribution in [0.3, 0.4) is 0 Å². The fourth-order valence-corrected chi connectivity index (χ4v) is 2.00. The predicted octanol–water partition coefficient (Wildman–Crippen LogP) is 4.50. The van der Waals surface area contributed by atoms with Crippen LogP contribution in [0.25, 0.3) is 0 Å². The Morgan fingerprint density at radius 3 is 1.75 bits per heavy atom. The van der Waals surface area contributed by atoms with Crippen molar-refractivity contribution in [3.05, 3.63) is 35.4 Å². The lowest BCUT2D eigenvalue weighted by molar-refractivity contribution is -0.381. The summed E-state index contributed by atoms with van der Waals surface area (Å²) < 4.78 is 127. The minimum Gasteiger partial charge on any atom is -0.228 e. The molecule has 0 aliphatic heterocycles. The lowest BCUT2D eigenvalue weighted by Gasteiger charge is -2.31. The molecule has 0 amide bonds. The van der Waals surface area contributed by atoms with Gasteiger partial charge in [-0.05, 0) is 12.5 Å². The number of nitrogens with zero attached hydrogens (tertiary/aromatic N) is 1. The Bertz CT molecular complexity index is 637. The Balaban J connectivity index is 3.13. The van der Waals surface area contributed by atoms with Gasteiger partial charge in [0.1, 0.15) is 0 Å². The maximum atomic E-state index is 13.2. The number of aryl methyl sites for hydroxylation is 1. The van der Waals surface area contributed by atoms with Crippen molar-refractivity contribution in [1.82, 2.24) is 0 Å². The Morgan fingerprint density at radius 2 is 1.33 bits per heavy atom. The molecule has 0 aliphatic rings. The minimum atomic E-state index is -7.10. The van der Waals surface area contributed by atoms with E-state index in [9.17, 15) is 43.7 Å². The minimum absolute atomic E-state index is 0.00403. The maximum Gasteiger partial charge on any atom is 0.460 e. The van der Waals surface area contributed by atoms with Crippen LogP contribution >= 0.6 is 0 Å². The van der Waals surface area contributed by atoms with Crippen LogP contribution in [-0.4, -0.2) is 33.7 Å². The summed E-state index contributed by atoms with van der Waals surface area (Å²) in [5, 5.41) is -6.26. The fraction of sp³-hybridized carbons (Fsp3) is 0.417. The normalized spacial score (nSPS) is 15.8. The van der Waals surface area contributed by atoms with Gasteiger partial charge in [0.2, 0.25) is 11.0 Å². The van der Waals surface area contributed by atoms with Gasteiger partial charge >= 0.3 is 23.3 Å². The lowest BCUT2D eigenvalue weighted by Crippen LogP contribution is -2.61. The standard InChI is InChI=1S/C12H8F9NOS/c1-7-2-4-8(5-3-7)6-22-24(23)12(20,21)10(15,16)9(13,14)11(17,18)19/h2-6H,1H3. The SMILES string of the molecule is Cc1ccc(C=NS(=O)C(F)(F)C(F)(F)C(F)(F)C(F)(F)F)cc1. The molecule has 2 nitrogen and oxygen atoms in total. The third-order valence-corrected chi connectivity index (χ3v) is 3.70. The molecule has 1 aromatic rings. The zero-order chi connectivity index (χ0) is 19.0. The highest BCUT2D eigenvalue weighted by Crippen LogP contribution is 2.54. The molecule has 1 rings (SSSR count). The number of rotatable bonds is 5. The van der Waals surface area contributed by atoms with E-state index in [-0.39, 0.29) is 5.56 Å². The molecule has 0 aromatic heterocycles. The van der Waals surface area contributed by atoms with Gasteiger partial charge in [-0.25, -0.2) is 4.21 Å². The summed E-state index contributed by atoms with van der Waals surface area (Å²) in [5.41, 5.74) is 0.714. The van der Waals surface area contributed by atoms with Crippen LogP contribution in [0.15, 0.2) is 28.7 Å². The molecule has 0 aliphatic carbocycles. The van der Waals surface area contributed by atoms with Gasteiger partial charge in [0.25, 0.3) is 0 Å². The van der Waals surface area contributed by atoms with Crippen molar-refractivity contribution in [2.24, 2.45) is 4.40 Å². The fourth-order valence-electron chi connectivity index (χ4n) is 1.30. The van der Waals surface area contributed by atoms with E-state index in [0.29, 0.717) is 6.21 Å². The molecular weight excluding hydrogens is 377 g/mol. The van der Waals surface area contributed by atoms with Crippen molar-refractivity contribution in [3.8, 4) is 0 Å². The van der Waals surface area contributed by atoms with Gasteiger partial charge in [0.05, 0.1) is 0 Å². The van der Waals surface area contributed by atoms with E-state index in [2.05, 4.69) is 4.40 Å². The molecule has 0 bridgehead atoms. The second-order valence-corrected chi connectivity index (χ2v) is 5.78. The maximum absolute atomic E-state index is 13.2. The van der Waals surface area contributed by atoms with Crippen LogP contribution in [-0.2, 0) is 11.0 Å². The van der Waals surface area contributed by atoms with Crippen molar-refractivity contribution in [2.45, 2.75) is 30.2 Å². The molecule has 136 valence electrons. The van der Waals surface area contributed by atoms with E-state index in [1.54, 1.807) is 6.92 Å². The largest absolute Gasteiger partial charge is 0.460 e. The third kappa shape index (κ3) is 3.57. The summed E-state index contributed by atoms with van der Waals surface area (Å²) in [4.78, 5) is 0. The Kier molecular flexibility index (Phi) is 5.43. The van der Waals surface area contributed by atoms with Crippen LogP contribution in [0.1, 0.15) is 11.1 Å². The summed E-state index contributed by atoms with van der Waals surface area (Å²) >= 11 is 0. The number of hydrogen-bond acceptors (Lipinski definition) is 1. The van der Waals surface area contributed by atoms with Crippen LogP contribution in [0.2, 0.25) is 0 Å². The van der Waals surface area contributed by atoms with Crippen molar-refractivity contribution in [1.29, 1.82) is 0 Å². The second-order valence-electron chi connectivity index (χ2n) is 4.56. The van der Waals surface area contributed by atoms with E-state index in [0.717, 1.165) is 5.56 Å². The molecule has 12 heteroatoms. The summed E-state index contributed by atoms with van der Waals surface area (Å²) in [5.74, 6) is -14.1. The van der Waals surface area contributed by atoms with Gasteiger partial charge in [-0.3, -0.25) is 0 Å². The van der Waals surface area contributed by atoms with Crippen molar-refractivity contribution < 1.29 is 43.7 Å². The van der Waals surface area contributed by atoms with E-state index >= 15 is 0 Å². The number of hydrogen-bond donors (Lipinski definition) is 0. The van der Waals surface area contributed by atoms with Gasteiger partial charge in [0.15, 0.2) is 0 Å². The van der Waals surface area contributed by atoms with E-state index in [1.807, 2.05) is 0 Å². The Labute approximate surface area is 132 Å². The molecular formula is C12H8F9NOS. The zero-order valence-electron chi connectivity index (χ0n) is 11.6. The molecule has 1 unspecified atom stereocenters. The summed E-state index contributed by atoms with van der Waals surface area (Å²) in [6.07, 6.45) is -6.57. The summed E-state index contributed by atoms with van der Waals surface area (Å²) in [6, 6.07) is 5.37. The van der Waals surface area contributed by atoms with Crippen molar-refractivity contribution in [2.75, 3.05) is 0 Å². The van der Waals surface area contributed by atoms with Crippen molar-refractivity contribution in [3.63, 3.8) is 0 Å². The van der Waals surface area contributed by atoms with E-state index < -0.39 is 34.3 Å². The molecule has 24 heavy (non-hydrogen) atoms. The topological polar surface area (TPSA) is 29.4 Å². The molecule has 0 heterocycles. The molecule has 0 fully saturated rings. The molecule has 0 saturated heterocycles. The Hall–Kier alpha value is -1.59. The molecule has 0 radical (unpaired) electrons. The smallest absolute Gasteiger partial charge is 0.228 e. The van der Waals surface area contributed by atoms with Gasteiger partial charge < -0.3 is 0 Å². The highest BCUT2D eigenvalue weighted by molar-refractivity contribution is 7.85. The number of benzene rings is 1. The third-order valence-electron chi connectivity index (χ3n) is 2.71. The lowest BCUT2D eigenvalue weighted by atomic mass is 10.1. The first-order valence-corrected chi connectivity index (χ1v) is 6.98. The average molecular weight is 385 g/mol. The van der Waals surface area contributed by atoms with E-state index in [4.69, 9.17) is 0 Å². The Morgan fingerprint density at radius 1 is 0.875 bits per heavy atom. The van der Waals surface area contributed by atoms with Crippen LogP contribution in [0, 0.1) is 6.92 Å². The first-order chi connectivity index (χ1) is 10.6. The average Bonchev–Trinajstić information content (AvgIpc) is 2.44. The second kappa shape index (κ2) is 6.37. The van der Waals surface area contributed by atoms with Crippen LogP contribution in [0.4, 0.5) is 39.5 Å². The first-order valence-electron chi connectivity index (χ1n) is 5.87. The van der Waals surface area contributed by atoms with Gasteiger partial charge in [-0.15, -0.1) is 0 Å². The first kappa shape index (κ1) is 20.5. The molecule has 1 atom stereocenters. The number of alkyl halides is 9. The highest BCUT2D eigenvalue weighted by Gasteiger charge is 2.83. The van der Waals surface area contributed by atoms with Gasteiger partial charge in [-0.1, -0.05) is 29.8 Å². The quantitative estimate of drug-likeness (QED) is 0.542. The molecule has 0 N–H and O–H groups in total. The van der Waals surface area contributed by atoms with E-state index in [1.165, 1.54) is 24.3 Å².